The molecular weight excluding hydrogens is 356 g/mol. The highest BCUT2D eigenvalue weighted by molar-refractivity contribution is 7.89. The molecule has 1 aromatic heterocycles. The van der Waals surface area contributed by atoms with Crippen molar-refractivity contribution in [2.24, 2.45) is 0 Å². The molecule has 0 N–H and O–H groups in total. The molecule has 8 heteroatoms. The Labute approximate surface area is 152 Å². The molecule has 0 bridgehead atoms. The lowest BCUT2D eigenvalue weighted by atomic mass is 10.3. The number of hydrogen-bond donors (Lipinski definition) is 0. The average Bonchev–Trinajstić information content (AvgIpc) is 2.99. The van der Waals surface area contributed by atoms with Crippen LogP contribution in [-0.2, 0) is 10.0 Å². The van der Waals surface area contributed by atoms with E-state index in [1.807, 2.05) is 12.1 Å². The van der Waals surface area contributed by atoms with Crippen LogP contribution in [0.4, 0.5) is 0 Å². The van der Waals surface area contributed by atoms with Crippen molar-refractivity contribution in [3.63, 3.8) is 0 Å². The molecule has 2 aromatic rings. The Kier molecular flexibility index (Phi) is 4.69. The summed E-state index contributed by atoms with van der Waals surface area (Å²) in [6.07, 6.45) is 2.84. The van der Waals surface area contributed by atoms with Gasteiger partial charge in [-0.2, -0.15) is 4.31 Å². The minimum atomic E-state index is -3.61. The van der Waals surface area contributed by atoms with E-state index < -0.39 is 10.0 Å². The summed E-state index contributed by atoms with van der Waals surface area (Å²) in [5.41, 5.74) is 0. The highest BCUT2D eigenvalue weighted by atomic mass is 32.2. The Hall–Kier alpha value is -2.32. The molecule has 0 aliphatic carbocycles. The molecule has 1 fully saturated rings. The molecule has 1 atom stereocenters. The van der Waals surface area contributed by atoms with Crippen LogP contribution >= 0.6 is 0 Å². The van der Waals surface area contributed by atoms with Gasteiger partial charge < -0.3 is 14.2 Å². The van der Waals surface area contributed by atoms with Crippen molar-refractivity contribution in [1.82, 2.24) is 9.29 Å². The Morgan fingerprint density at radius 2 is 1.96 bits per heavy atom. The first-order valence-corrected chi connectivity index (χ1v) is 10.0. The van der Waals surface area contributed by atoms with Crippen LogP contribution in [0.2, 0.25) is 0 Å². The van der Waals surface area contributed by atoms with Gasteiger partial charge in [0, 0.05) is 31.3 Å². The number of nitrogens with zero attached hydrogens (tertiary/aromatic N) is 2. The lowest BCUT2D eigenvalue weighted by Crippen LogP contribution is -2.31. The van der Waals surface area contributed by atoms with Gasteiger partial charge in [-0.25, -0.2) is 13.4 Å². The number of rotatable bonds is 4. The molecule has 4 rings (SSSR count). The summed E-state index contributed by atoms with van der Waals surface area (Å²) < 4.78 is 44.3. The van der Waals surface area contributed by atoms with Gasteiger partial charge >= 0.3 is 0 Å². The van der Waals surface area contributed by atoms with Gasteiger partial charge in [0.2, 0.25) is 15.9 Å². The second-order valence-electron chi connectivity index (χ2n) is 6.22. The number of sulfonamides is 1. The number of ether oxygens (including phenoxy) is 3. The highest BCUT2D eigenvalue weighted by Gasteiger charge is 2.34. The minimum absolute atomic E-state index is 0.208. The minimum Gasteiger partial charge on any atom is -0.490 e. The zero-order valence-corrected chi connectivity index (χ0v) is 15.0. The van der Waals surface area contributed by atoms with Crippen molar-refractivity contribution in [3.05, 3.63) is 42.6 Å². The van der Waals surface area contributed by atoms with Gasteiger partial charge in [-0.05, 0) is 24.6 Å². The summed E-state index contributed by atoms with van der Waals surface area (Å²) in [4.78, 5) is 4.33. The van der Waals surface area contributed by atoms with E-state index in [0.29, 0.717) is 50.1 Å². The third-order valence-electron chi connectivity index (χ3n) is 4.39. The number of fused-ring (bicyclic) bond motifs is 1. The van der Waals surface area contributed by atoms with Crippen molar-refractivity contribution in [2.75, 3.05) is 26.3 Å². The van der Waals surface area contributed by atoms with E-state index in [1.165, 1.54) is 4.31 Å². The van der Waals surface area contributed by atoms with E-state index in [0.717, 1.165) is 6.42 Å². The van der Waals surface area contributed by atoms with Crippen LogP contribution < -0.4 is 14.2 Å². The first kappa shape index (κ1) is 17.1. The standard InChI is InChI=1S/C18H20N2O5S/c21-26(22,15-5-6-16-17(12-15)24-11-3-10-23-16)20-9-7-14(13-20)25-18-4-1-2-8-19-18/h1-2,4-6,8,12,14H,3,7,9-11,13H2/t14-/m0/s1. The summed E-state index contributed by atoms with van der Waals surface area (Å²) in [6.45, 7) is 1.79. The average molecular weight is 376 g/mol. The van der Waals surface area contributed by atoms with Gasteiger partial charge in [-0.3, -0.25) is 0 Å². The maximum Gasteiger partial charge on any atom is 0.243 e. The number of aromatic nitrogens is 1. The normalized spacial score (nSPS) is 20.5. The molecule has 138 valence electrons. The van der Waals surface area contributed by atoms with E-state index >= 15 is 0 Å². The predicted octanol–water partition coefficient (Wildman–Crippen LogP) is 2.08. The number of benzene rings is 1. The molecule has 1 saturated heterocycles. The Morgan fingerprint density at radius 3 is 2.77 bits per heavy atom. The second-order valence-corrected chi connectivity index (χ2v) is 8.16. The van der Waals surface area contributed by atoms with Gasteiger partial charge in [0.05, 0.1) is 24.7 Å². The first-order valence-electron chi connectivity index (χ1n) is 8.60. The molecule has 0 saturated carbocycles. The van der Waals surface area contributed by atoms with E-state index in [2.05, 4.69) is 4.98 Å². The van der Waals surface area contributed by atoms with Crippen molar-refractivity contribution < 1.29 is 22.6 Å². The van der Waals surface area contributed by atoms with Crippen LogP contribution in [0.15, 0.2) is 47.5 Å². The van der Waals surface area contributed by atoms with Crippen LogP contribution in [0.25, 0.3) is 0 Å². The van der Waals surface area contributed by atoms with Gasteiger partial charge in [-0.15, -0.1) is 0 Å². The SMILES string of the molecule is O=S(=O)(c1ccc2c(c1)OCCCO2)N1CC[C@H](Oc2ccccn2)C1. The Morgan fingerprint density at radius 1 is 1.12 bits per heavy atom. The Balaban J connectivity index is 1.49. The summed E-state index contributed by atoms with van der Waals surface area (Å²) >= 11 is 0. The summed E-state index contributed by atoms with van der Waals surface area (Å²) in [7, 11) is -3.61. The van der Waals surface area contributed by atoms with Crippen LogP contribution in [0, 0.1) is 0 Å². The topological polar surface area (TPSA) is 78.0 Å². The third kappa shape index (κ3) is 3.47. The quantitative estimate of drug-likeness (QED) is 0.813. The molecule has 2 aliphatic heterocycles. The van der Waals surface area contributed by atoms with E-state index in [4.69, 9.17) is 14.2 Å². The molecule has 0 unspecified atom stereocenters. The first-order chi connectivity index (χ1) is 12.6. The van der Waals surface area contributed by atoms with Crippen LogP contribution in [0.5, 0.6) is 17.4 Å². The Bertz CT molecular complexity index is 872. The largest absolute Gasteiger partial charge is 0.490 e. The van der Waals surface area contributed by atoms with E-state index in [9.17, 15) is 8.42 Å². The van der Waals surface area contributed by atoms with Crippen molar-refractivity contribution in [3.8, 4) is 17.4 Å². The van der Waals surface area contributed by atoms with Crippen LogP contribution in [0.1, 0.15) is 12.8 Å². The lowest BCUT2D eigenvalue weighted by Gasteiger charge is -2.18. The maximum absolute atomic E-state index is 13.0. The second kappa shape index (κ2) is 7.13. The fraction of sp³-hybridized carbons (Fsp3) is 0.389. The fourth-order valence-electron chi connectivity index (χ4n) is 3.05. The fourth-order valence-corrected chi connectivity index (χ4v) is 4.56. The molecule has 0 spiro atoms. The van der Waals surface area contributed by atoms with Crippen molar-refractivity contribution in [2.45, 2.75) is 23.8 Å². The molecule has 0 amide bonds. The molecule has 1 aromatic carbocycles. The molecule has 0 radical (unpaired) electrons. The summed E-state index contributed by atoms with van der Waals surface area (Å²) in [5, 5.41) is 0. The third-order valence-corrected chi connectivity index (χ3v) is 6.25. The number of pyridine rings is 1. The summed E-state index contributed by atoms with van der Waals surface area (Å²) in [5.74, 6) is 1.57. The van der Waals surface area contributed by atoms with Crippen LogP contribution in [-0.4, -0.2) is 50.1 Å². The molecule has 26 heavy (non-hydrogen) atoms. The lowest BCUT2D eigenvalue weighted by molar-refractivity contribution is 0.207. The van der Waals surface area contributed by atoms with E-state index in [-0.39, 0.29) is 11.0 Å². The van der Waals surface area contributed by atoms with Crippen molar-refractivity contribution in [1.29, 1.82) is 0 Å². The monoisotopic (exact) mass is 376 g/mol. The molecule has 2 aliphatic rings. The van der Waals surface area contributed by atoms with Gasteiger partial charge in [0.1, 0.15) is 6.10 Å². The molecule has 3 heterocycles. The highest BCUT2D eigenvalue weighted by Crippen LogP contribution is 2.33. The van der Waals surface area contributed by atoms with Gasteiger partial charge in [0.15, 0.2) is 11.5 Å². The zero-order chi connectivity index (χ0) is 18.0. The molecule has 7 nitrogen and oxygen atoms in total. The maximum atomic E-state index is 13.0. The number of hydrogen-bond acceptors (Lipinski definition) is 6. The van der Waals surface area contributed by atoms with Crippen molar-refractivity contribution >= 4 is 10.0 Å². The van der Waals surface area contributed by atoms with Gasteiger partial charge in [-0.1, -0.05) is 6.07 Å². The summed E-state index contributed by atoms with van der Waals surface area (Å²) in [6, 6.07) is 10.2. The zero-order valence-electron chi connectivity index (χ0n) is 14.2. The smallest absolute Gasteiger partial charge is 0.243 e. The van der Waals surface area contributed by atoms with Gasteiger partial charge in [0.25, 0.3) is 0 Å². The van der Waals surface area contributed by atoms with E-state index in [1.54, 1.807) is 30.5 Å². The van der Waals surface area contributed by atoms with Crippen LogP contribution in [0.3, 0.4) is 0 Å². The molecular formula is C18H20N2O5S. The predicted molar refractivity (Wildman–Crippen MR) is 94.1 cm³/mol.